The van der Waals surface area contributed by atoms with Crippen LogP contribution in [0.1, 0.15) is 30.5 Å². The van der Waals surface area contributed by atoms with Crippen LogP contribution < -0.4 is 16.4 Å². The number of benzene rings is 2. The second-order valence-corrected chi connectivity index (χ2v) is 5.66. The molecule has 5 nitrogen and oxygen atoms in total. The van der Waals surface area contributed by atoms with Crippen molar-refractivity contribution in [3.05, 3.63) is 53.1 Å². The van der Waals surface area contributed by atoms with Gasteiger partial charge >= 0.3 is 11.8 Å². The topological polar surface area (TPSA) is 84.2 Å². The maximum absolute atomic E-state index is 12.3. The summed E-state index contributed by atoms with van der Waals surface area (Å²) in [4.78, 5) is 24.4. The minimum absolute atomic E-state index is 0.430. The fourth-order valence-corrected chi connectivity index (χ4v) is 2.55. The van der Waals surface area contributed by atoms with E-state index < -0.39 is 11.8 Å². The minimum atomic E-state index is -0.737. The Hall–Kier alpha value is -2.82. The van der Waals surface area contributed by atoms with Crippen molar-refractivity contribution in [2.75, 3.05) is 16.4 Å². The fourth-order valence-electron chi connectivity index (χ4n) is 2.55. The molecule has 2 rings (SSSR count). The Kier molecular flexibility index (Phi) is 5.58. The lowest BCUT2D eigenvalue weighted by Crippen LogP contribution is -2.30. The van der Waals surface area contributed by atoms with Gasteiger partial charge in [0.25, 0.3) is 0 Å². The van der Waals surface area contributed by atoms with Crippen LogP contribution in [0.4, 0.5) is 17.1 Å². The standard InChI is InChI=1S/C19H23N3O2/c1-4-13-7-6-8-14(5-2)17(13)22-19(24)18(23)21-16-10-9-12(3)11-15(16)20/h6-11H,4-5,20H2,1-3H3,(H,21,23)(H,22,24). The SMILES string of the molecule is CCc1cccc(CC)c1NC(=O)C(=O)Nc1ccc(C)cc1N. The molecule has 0 atom stereocenters. The molecule has 0 saturated carbocycles. The zero-order valence-corrected chi connectivity index (χ0v) is 14.3. The highest BCUT2D eigenvalue weighted by molar-refractivity contribution is 6.44. The second kappa shape index (κ2) is 7.64. The van der Waals surface area contributed by atoms with E-state index in [0.29, 0.717) is 11.4 Å². The number of anilines is 3. The molecule has 5 heteroatoms. The van der Waals surface area contributed by atoms with Crippen LogP contribution in [0.25, 0.3) is 0 Å². The van der Waals surface area contributed by atoms with E-state index in [1.807, 2.05) is 45.0 Å². The predicted octanol–water partition coefficient (Wildman–Crippen LogP) is 3.28. The van der Waals surface area contributed by atoms with Gasteiger partial charge < -0.3 is 16.4 Å². The average Bonchev–Trinajstić information content (AvgIpc) is 2.57. The molecule has 0 fully saturated rings. The Labute approximate surface area is 142 Å². The van der Waals surface area contributed by atoms with Gasteiger partial charge in [0.2, 0.25) is 0 Å². The molecule has 126 valence electrons. The normalized spacial score (nSPS) is 10.3. The molecule has 0 aliphatic heterocycles. The van der Waals surface area contributed by atoms with Crippen molar-refractivity contribution in [1.82, 2.24) is 0 Å². The number of hydrogen-bond acceptors (Lipinski definition) is 3. The largest absolute Gasteiger partial charge is 0.397 e. The van der Waals surface area contributed by atoms with E-state index >= 15 is 0 Å². The first-order chi connectivity index (χ1) is 11.5. The zero-order chi connectivity index (χ0) is 17.7. The van der Waals surface area contributed by atoms with Crippen LogP contribution in [0.2, 0.25) is 0 Å². The number of rotatable bonds is 4. The lowest BCUT2D eigenvalue weighted by atomic mass is 10.0. The van der Waals surface area contributed by atoms with E-state index in [1.54, 1.807) is 12.1 Å². The van der Waals surface area contributed by atoms with Crippen LogP contribution in [-0.4, -0.2) is 11.8 Å². The number of nitrogen functional groups attached to an aromatic ring is 1. The van der Waals surface area contributed by atoms with Crippen molar-refractivity contribution in [3.8, 4) is 0 Å². The van der Waals surface area contributed by atoms with Crippen molar-refractivity contribution < 1.29 is 9.59 Å². The Morgan fingerprint density at radius 1 is 0.958 bits per heavy atom. The second-order valence-electron chi connectivity index (χ2n) is 5.66. The van der Waals surface area contributed by atoms with Crippen molar-refractivity contribution >= 4 is 28.9 Å². The van der Waals surface area contributed by atoms with Crippen molar-refractivity contribution in [1.29, 1.82) is 0 Å². The molecule has 0 saturated heterocycles. The summed E-state index contributed by atoms with van der Waals surface area (Å²) in [6.45, 7) is 5.93. The number of aryl methyl sites for hydroxylation is 3. The molecular weight excluding hydrogens is 302 g/mol. The third kappa shape index (κ3) is 3.93. The number of carbonyl (C=O) groups excluding carboxylic acids is 2. The quantitative estimate of drug-likeness (QED) is 0.596. The Bertz CT molecular complexity index is 747. The molecule has 0 bridgehead atoms. The van der Waals surface area contributed by atoms with Crippen molar-refractivity contribution in [3.63, 3.8) is 0 Å². The maximum atomic E-state index is 12.3. The van der Waals surface area contributed by atoms with Gasteiger partial charge in [0.15, 0.2) is 0 Å². The van der Waals surface area contributed by atoms with Gasteiger partial charge in [0, 0.05) is 5.69 Å². The molecule has 2 amide bonds. The number of carbonyl (C=O) groups is 2. The van der Waals surface area contributed by atoms with Crippen LogP contribution >= 0.6 is 0 Å². The molecule has 0 radical (unpaired) electrons. The van der Waals surface area contributed by atoms with E-state index in [9.17, 15) is 9.59 Å². The van der Waals surface area contributed by atoms with E-state index in [0.717, 1.165) is 35.2 Å². The summed E-state index contributed by atoms with van der Waals surface area (Å²) >= 11 is 0. The molecule has 4 N–H and O–H groups in total. The van der Waals surface area contributed by atoms with Crippen LogP contribution in [-0.2, 0) is 22.4 Å². The summed E-state index contributed by atoms with van der Waals surface area (Å²) in [5, 5.41) is 5.30. The third-order valence-corrected chi connectivity index (χ3v) is 3.90. The molecular formula is C19H23N3O2. The number of para-hydroxylation sites is 1. The van der Waals surface area contributed by atoms with Crippen LogP contribution in [0.15, 0.2) is 36.4 Å². The van der Waals surface area contributed by atoms with E-state index in [1.165, 1.54) is 0 Å². The van der Waals surface area contributed by atoms with Gasteiger partial charge in [-0.05, 0) is 48.6 Å². The van der Waals surface area contributed by atoms with E-state index in [-0.39, 0.29) is 0 Å². The van der Waals surface area contributed by atoms with E-state index in [4.69, 9.17) is 5.73 Å². The molecule has 2 aromatic carbocycles. The lowest BCUT2D eigenvalue weighted by Gasteiger charge is -2.14. The molecule has 0 spiro atoms. The van der Waals surface area contributed by atoms with Gasteiger partial charge in [-0.25, -0.2) is 0 Å². The van der Waals surface area contributed by atoms with Gasteiger partial charge in [0.1, 0.15) is 0 Å². The molecule has 0 unspecified atom stereocenters. The highest BCUT2D eigenvalue weighted by Gasteiger charge is 2.18. The van der Waals surface area contributed by atoms with Gasteiger partial charge in [-0.3, -0.25) is 9.59 Å². The average molecular weight is 325 g/mol. The van der Waals surface area contributed by atoms with Crippen LogP contribution in [0, 0.1) is 6.92 Å². The lowest BCUT2D eigenvalue weighted by molar-refractivity contribution is -0.133. The predicted molar refractivity (Wildman–Crippen MR) is 98.0 cm³/mol. The number of amides is 2. The molecule has 0 heterocycles. The van der Waals surface area contributed by atoms with Gasteiger partial charge in [-0.15, -0.1) is 0 Å². The fraction of sp³-hybridized carbons (Fsp3) is 0.263. The van der Waals surface area contributed by atoms with Gasteiger partial charge in [0.05, 0.1) is 11.4 Å². The van der Waals surface area contributed by atoms with E-state index in [2.05, 4.69) is 10.6 Å². The summed E-state index contributed by atoms with van der Waals surface area (Å²) in [7, 11) is 0. The van der Waals surface area contributed by atoms with Gasteiger partial charge in [-0.2, -0.15) is 0 Å². The van der Waals surface area contributed by atoms with Crippen molar-refractivity contribution in [2.45, 2.75) is 33.6 Å². The monoisotopic (exact) mass is 325 g/mol. The Morgan fingerprint density at radius 2 is 1.54 bits per heavy atom. The first-order valence-electron chi connectivity index (χ1n) is 8.05. The molecule has 0 aromatic heterocycles. The Morgan fingerprint density at radius 3 is 2.08 bits per heavy atom. The first-order valence-corrected chi connectivity index (χ1v) is 8.05. The summed E-state index contributed by atoms with van der Waals surface area (Å²) in [5.41, 5.74) is 10.4. The highest BCUT2D eigenvalue weighted by Crippen LogP contribution is 2.23. The minimum Gasteiger partial charge on any atom is -0.397 e. The van der Waals surface area contributed by atoms with Crippen LogP contribution in [0.3, 0.4) is 0 Å². The van der Waals surface area contributed by atoms with Crippen LogP contribution in [0.5, 0.6) is 0 Å². The number of nitrogens with two attached hydrogens (primary N) is 1. The molecule has 0 aliphatic carbocycles. The summed E-state index contributed by atoms with van der Waals surface area (Å²) in [5.74, 6) is -1.44. The van der Waals surface area contributed by atoms with Crippen molar-refractivity contribution in [2.24, 2.45) is 0 Å². The number of hydrogen-bond donors (Lipinski definition) is 3. The summed E-state index contributed by atoms with van der Waals surface area (Å²) in [6, 6.07) is 11.1. The zero-order valence-electron chi connectivity index (χ0n) is 14.3. The Balaban J connectivity index is 2.16. The third-order valence-electron chi connectivity index (χ3n) is 3.90. The molecule has 24 heavy (non-hydrogen) atoms. The maximum Gasteiger partial charge on any atom is 0.314 e. The summed E-state index contributed by atoms with van der Waals surface area (Å²) in [6.07, 6.45) is 1.55. The number of nitrogens with one attached hydrogen (secondary N) is 2. The molecule has 0 aliphatic rings. The first kappa shape index (κ1) is 17.5. The summed E-state index contributed by atoms with van der Waals surface area (Å²) < 4.78 is 0. The van der Waals surface area contributed by atoms with Gasteiger partial charge in [-0.1, -0.05) is 38.1 Å². The molecule has 2 aromatic rings. The highest BCUT2D eigenvalue weighted by atomic mass is 16.2. The smallest absolute Gasteiger partial charge is 0.314 e.